The Morgan fingerprint density at radius 2 is 1.08 bits per heavy atom. The lowest BCUT2D eigenvalue weighted by molar-refractivity contribution is -0.154. The second-order valence-electron chi connectivity index (χ2n) is 13.8. The summed E-state index contributed by atoms with van der Waals surface area (Å²) < 4.78 is 33.4. The standard InChI is InChI=1S/C43H80NO7P/c1-3-5-7-9-11-13-15-17-19-20-21-22-23-24-26-28-30-32-34-36-43(45)51-42(41-50-52(46,47)49-39-37-44)40-48-38-35-33-31-29-27-25-18-16-14-12-10-8-6-4-2/h5,7,11,13,17,19,21-22,42H,3-4,6,8-10,12,14-16,18,20,23-41,44H2,1-2H3,(H,46,47)/b7-5-,13-11-,19-17-,22-21-. The number of carbonyl (C=O) groups is 1. The van der Waals surface area contributed by atoms with E-state index in [2.05, 4.69) is 62.5 Å². The van der Waals surface area contributed by atoms with Gasteiger partial charge in [-0.15, -0.1) is 0 Å². The Morgan fingerprint density at radius 1 is 0.596 bits per heavy atom. The first-order valence-corrected chi connectivity index (χ1v) is 22.6. The van der Waals surface area contributed by atoms with Crippen molar-refractivity contribution < 1.29 is 32.8 Å². The molecule has 0 bridgehead atoms. The Balaban J connectivity index is 4.07. The highest BCUT2D eigenvalue weighted by Gasteiger charge is 2.25. The van der Waals surface area contributed by atoms with Crippen molar-refractivity contribution in [1.29, 1.82) is 0 Å². The summed E-state index contributed by atoms with van der Waals surface area (Å²) >= 11 is 0. The zero-order chi connectivity index (χ0) is 38.1. The van der Waals surface area contributed by atoms with Crippen LogP contribution in [0, 0.1) is 0 Å². The Labute approximate surface area is 320 Å². The second-order valence-corrected chi connectivity index (χ2v) is 15.3. The fourth-order valence-electron chi connectivity index (χ4n) is 5.69. The molecule has 2 atom stereocenters. The molecule has 0 rings (SSSR count). The fourth-order valence-corrected chi connectivity index (χ4v) is 6.46. The molecular weight excluding hydrogens is 673 g/mol. The van der Waals surface area contributed by atoms with E-state index in [0.717, 1.165) is 70.6 Å². The Hall–Kier alpha value is -1.54. The third-order valence-corrected chi connectivity index (χ3v) is 9.74. The SMILES string of the molecule is CC/C=C\C/C=C\C/C=C\C/C=C\CCCCCCCCC(=O)OC(COCCCCCCCCCCCCCCCC)COP(=O)(O)OCCN. The molecule has 0 aliphatic heterocycles. The molecule has 8 nitrogen and oxygen atoms in total. The van der Waals surface area contributed by atoms with Crippen LogP contribution in [-0.2, 0) is 27.9 Å². The molecule has 0 heterocycles. The molecular formula is C43H80NO7P. The number of hydrogen-bond donors (Lipinski definition) is 2. The molecule has 0 radical (unpaired) electrons. The number of esters is 1. The summed E-state index contributed by atoms with van der Waals surface area (Å²) in [6.45, 7) is 4.80. The van der Waals surface area contributed by atoms with Gasteiger partial charge in [0, 0.05) is 19.6 Å². The number of unbranched alkanes of at least 4 members (excludes halogenated alkanes) is 19. The molecule has 52 heavy (non-hydrogen) atoms. The van der Waals surface area contributed by atoms with Gasteiger partial charge >= 0.3 is 13.8 Å². The summed E-state index contributed by atoms with van der Waals surface area (Å²) in [7, 11) is -4.28. The molecule has 3 N–H and O–H groups in total. The van der Waals surface area contributed by atoms with Gasteiger partial charge in [0.15, 0.2) is 0 Å². The van der Waals surface area contributed by atoms with E-state index < -0.39 is 13.9 Å². The number of rotatable bonds is 40. The summed E-state index contributed by atoms with van der Waals surface area (Å²) in [4.78, 5) is 22.5. The largest absolute Gasteiger partial charge is 0.472 e. The number of allylic oxidation sites excluding steroid dienone is 8. The first-order valence-electron chi connectivity index (χ1n) is 21.1. The summed E-state index contributed by atoms with van der Waals surface area (Å²) in [6, 6.07) is 0. The summed E-state index contributed by atoms with van der Waals surface area (Å²) in [5.41, 5.74) is 5.36. The number of hydrogen-bond acceptors (Lipinski definition) is 7. The molecule has 0 aromatic rings. The van der Waals surface area contributed by atoms with Crippen molar-refractivity contribution in [2.75, 3.05) is 33.0 Å². The van der Waals surface area contributed by atoms with Crippen LogP contribution in [0.4, 0.5) is 0 Å². The highest BCUT2D eigenvalue weighted by molar-refractivity contribution is 7.47. The van der Waals surface area contributed by atoms with Gasteiger partial charge in [-0.2, -0.15) is 0 Å². The van der Waals surface area contributed by atoms with Gasteiger partial charge in [0.2, 0.25) is 0 Å². The zero-order valence-electron chi connectivity index (χ0n) is 33.5. The van der Waals surface area contributed by atoms with Gasteiger partial charge in [-0.05, 0) is 51.4 Å². The van der Waals surface area contributed by atoms with Gasteiger partial charge in [0.05, 0.1) is 19.8 Å². The fraction of sp³-hybridized carbons (Fsp3) is 0.791. The molecule has 0 amide bonds. The maximum Gasteiger partial charge on any atom is 0.472 e. The van der Waals surface area contributed by atoms with Gasteiger partial charge in [0.25, 0.3) is 0 Å². The minimum absolute atomic E-state index is 0.0971. The number of ether oxygens (including phenoxy) is 2. The molecule has 0 aromatic heterocycles. The molecule has 9 heteroatoms. The van der Waals surface area contributed by atoms with Gasteiger partial charge < -0.3 is 20.1 Å². The van der Waals surface area contributed by atoms with Crippen molar-refractivity contribution in [3.05, 3.63) is 48.6 Å². The van der Waals surface area contributed by atoms with Crippen LogP contribution in [0.2, 0.25) is 0 Å². The van der Waals surface area contributed by atoms with Crippen molar-refractivity contribution in [3.8, 4) is 0 Å². The van der Waals surface area contributed by atoms with E-state index in [1.54, 1.807) is 0 Å². The minimum Gasteiger partial charge on any atom is -0.457 e. The molecule has 0 spiro atoms. The maximum atomic E-state index is 12.6. The normalized spacial score (nSPS) is 14.0. The van der Waals surface area contributed by atoms with E-state index in [1.165, 1.54) is 89.9 Å². The van der Waals surface area contributed by atoms with Gasteiger partial charge in [-0.1, -0.05) is 172 Å². The minimum atomic E-state index is -4.28. The molecule has 0 aliphatic carbocycles. The molecule has 0 fully saturated rings. The van der Waals surface area contributed by atoms with Crippen LogP contribution in [-0.4, -0.2) is 49.9 Å². The lowest BCUT2D eigenvalue weighted by Gasteiger charge is -2.20. The quantitative estimate of drug-likeness (QED) is 0.0275. The molecule has 2 unspecified atom stereocenters. The predicted octanol–water partition coefficient (Wildman–Crippen LogP) is 12.4. The topological polar surface area (TPSA) is 117 Å². The summed E-state index contributed by atoms with van der Waals surface area (Å²) in [6.07, 6.45) is 46.9. The average molecular weight is 754 g/mol. The van der Waals surface area contributed by atoms with Crippen LogP contribution < -0.4 is 5.73 Å². The first-order chi connectivity index (χ1) is 25.4. The second kappa shape index (κ2) is 40.6. The Bertz CT molecular complexity index is 936. The van der Waals surface area contributed by atoms with Crippen LogP contribution in [0.3, 0.4) is 0 Å². The molecule has 0 saturated carbocycles. The van der Waals surface area contributed by atoms with Gasteiger partial charge in [-0.25, -0.2) is 4.57 Å². The average Bonchev–Trinajstić information content (AvgIpc) is 3.13. The van der Waals surface area contributed by atoms with Crippen LogP contribution in [0.1, 0.15) is 181 Å². The number of carbonyl (C=O) groups excluding carboxylic acids is 1. The smallest absolute Gasteiger partial charge is 0.457 e. The van der Waals surface area contributed by atoms with Crippen LogP contribution in [0.15, 0.2) is 48.6 Å². The number of nitrogens with two attached hydrogens (primary N) is 1. The monoisotopic (exact) mass is 754 g/mol. The van der Waals surface area contributed by atoms with E-state index in [9.17, 15) is 14.3 Å². The molecule has 0 aliphatic rings. The third-order valence-electron chi connectivity index (χ3n) is 8.76. The number of phosphoric acid groups is 1. The summed E-state index contributed by atoms with van der Waals surface area (Å²) in [5.74, 6) is -0.344. The first kappa shape index (κ1) is 50.5. The molecule has 0 aromatic carbocycles. The van der Waals surface area contributed by atoms with Crippen molar-refractivity contribution in [2.24, 2.45) is 5.73 Å². The van der Waals surface area contributed by atoms with E-state index in [4.69, 9.17) is 24.3 Å². The summed E-state index contributed by atoms with van der Waals surface area (Å²) in [5, 5.41) is 0. The lowest BCUT2D eigenvalue weighted by atomic mass is 10.0. The van der Waals surface area contributed by atoms with Crippen molar-refractivity contribution in [2.45, 2.75) is 187 Å². The van der Waals surface area contributed by atoms with Crippen molar-refractivity contribution in [1.82, 2.24) is 0 Å². The number of phosphoric ester groups is 1. The van der Waals surface area contributed by atoms with E-state index in [0.29, 0.717) is 13.0 Å². The Morgan fingerprint density at radius 3 is 1.62 bits per heavy atom. The zero-order valence-corrected chi connectivity index (χ0v) is 34.4. The highest BCUT2D eigenvalue weighted by Crippen LogP contribution is 2.43. The maximum absolute atomic E-state index is 12.6. The van der Waals surface area contributed by atoms with E-state index in [1.807, 2.05) is 0 Å². The van der Waals surface area contributed by atoms with Gasteiger partial charge in [-0.3, -0.25) is 13.8 Å². The Kier molecular flexibility index (Phi) is 39.4. The molecule has 304 valence electrons. The van der Waals surface area contributed by atoms with Crippen LogP contribution in [0.5, 0.6) is 0 Å². The van der Waals surface area contributed by atoms with Gasteiger partial charge in [0.1, 0.15) is 6.10 Å². The van der Waals surface area contributed by atoms with Crippen LogP contribution >= 0.6 is 7.82 Å². The third kappa shape index (κ3) is 39.7. The molecule has 0 saturated heterocycles. The lowest BCUT2D eigenvalue weighted by Crippen LogP contribution is -2.28. The highest BCUT2D eigenvalue weighted by atomic mass is 31.2. The van der Waals surface area contributed by atoms with E-state index in [-0.39, 0.29) is 32.3 Å². The van der Waals surface area contributed by atoms with Crippen molar-refractivity contribution >= 4 is 13.8 Å². The van der Waals surface area contributed by atoms with E-state index >= 15 is 0 Å². The van der Waals surface area contributed by atoms with Crippen molar-refractivity contribution in [3.63, 3.8) is 0 Å². The predicted molar refractivity (Wildman–Crippen MR) is 219 cm³/mol. The van der Waals surface area contributed by atoms with Crippen LogP contribution in [0.25, 0.3) is 0 Å².